The number of hydrogen-bond acceptors (Lipinski definition) is 4. The number of phenols is 1. The van der Waals surface area contributed by atoms with Crippen LogP contribution in [0.2, 0.25) is 0 Å². The Morgan fingerprint density at radius 3 is 2.67 bits per heavy atom. The molecule has 1 aromatic carbocycles. The summed E-state index contributed by atoms with van der Waals surface area (Å²) in [4.78, 5) is 2.32. The van der Waals surface area contributed by atoms with Crippen molar-refractivity contribution in [3.05, 3.63) is 28.2 Å². The molecule has 0 radical (unpaired) electrons. The molecule has 1 aromatic rings. The van der Waals surface area contributed by atoms with E-state index >= 15 is 0 Å². The van der Waals surface area contributed by atoms with E-state index in [1.807, 2.05) is 12.1 Å². The van der Waals surface area contributed by atoms with Crippen molar-refractivity contribution < 1.29 is 10.2 Å². The van der Waals surface area contributed by atoms with Crippen molar-refractivity contribution in [2.45, 2.75) is 12.5 Å². The number of piperazine rings is 1. The van der Waals surface area contributed by atoms with E-state index in [4.69, 9.17) is 0 Å². The molecular weight excluding hydrogens is 296 g/mol. The van der Waals surface area contributed by atoms with Crippen molar-refractivity contribution in [3.8, 4) is 5.75 Å². The number of halogens is 1. The number of aliphatic hydroxyl groups is 1. The maximum absolute atomic E-state index is 10.1. The van der Waals surface area contributed by atoms with Gasteiger partial charge in [-0.2, -0.15) is 0 Å². The van der Waals surface area contributed by atoms with Gasteiger partial charge in [-0.25, -0.2) is 0 Å². The Balaban J connectivity index is 2.22. The number of nitrogens with zero attached hydrogens (tertiary/aromatic N) is 1. The first kappa shape index (κ1) is 13.8. The largest absolute Gasteiger partial charge is 0.508 e. The van der Waals surface area contributed by atoms with E-state index in [1.54, 1.807) is 6.07 Å². The third kappa shape index (κ3) is 3.23. The van der Waals surface area contributed by atoms with E-state index in [-0.39, 0.29) is 12.6 Å². The maximum Gasteiger partial charge on any atom is 0.121 e. The Labute approximate surface area is 116 Å². The van der Waals surface area contributed by atoms with Gasteiger partial charge < -0.3 is 15.5 Å². The molecule has 1 atom stereocenters. The van der Waals surface area contributed by atoms with Gasteiger partial charge in [0, 0.05) is 48.9 Å². The zero-order chi connectivity index (χ0) is 13.0. The van der Waals surface area contributed by atoms with Gasteiger partial charge in [-0.15, -0.1) is 0 Å². The van der Waals surface area contributed by atoms with Gasteiger partial charge in [0.2, 0.25) is 0 Å². The molecule has 2 rings (SSSR count). The molecule has 4 nitrogen and oxygen atoms in total. The van der Waals surface area contributed by atoms with Gasteiger partial charge in [0.15, 0.2) is 0 Å². The Morgan fingerprint density at radius 2 is 2.06 bits per heavy atom. The second-order valence-electron chi connectivity index (χ2n) is 4.52. The summed E-state index contributed by atoms with van der Waals surface area (Å²) < 4.78 is 0.867. The summed E-state index contributed by atoms with van der Waals surface area (Å²) in [5.41, 5.74) is 0.897. The molecule has 0 bridgehead atoms. The fraction of sp³-hybridized carbons (Fsp3) is 0.538. The van der Waals surface area contributed by atoms with E-state index in [1.165, 1.54) is 0 Å². The molecule has 100 valence electrons. The first-order valence-corrected chi connectivity index (χ1v) is 7.05. The summed E-state index contributed by atoms with van der Waals surface area (Å²) in [6, 6.07) is 5.66. The standard InChI is InChI=1S/C13H19BrN2O2/c14-10-1-2-11(13(18)9-10)12(3-8-17)16-6-4-15-5-7-16/h1-2,9,12,15,17-18H,3-8H2/t12-/m0/s1. The zero-order valence-electron chi connectivity index (χ0n) is 10.3. The molecule has 1 saturated heterocycles. The average molecular weight is 315 g/mol. The van der Waals surface area contributed by atoms with Gasteiger partial charge in [0.1, 0.15) is 5.75 Å². The normalized spacial score (nSPS) is 18.8. The van der Waals surface area contributed by atoms with Crippen LogP contribution in [0.5, 0.6) is 5.75 Å². The van der Waals surface area contributed by atoms with Crippen molar-refractivity contribution >= 4 is 15.9 Å². The second-order valence-corrected chi connectivity index (χ2v) is 5.43. The van der Waals surface area contributed by atoms with Crippen LogP contribution >= 0.6 is 15.9 Å². The van der Waals surface area contributed by atoms with Gasteiger partial charge >= 0.3 is 0 Å². The number of benzene rings is 1. The first-order chi connectivity index (χ1) is 8.72. The molecule has 1 aliphatic rings. The van der Waals surface area contributed by atoms with E-state index in [2.05, 4.69) is 26.1 Å². The van der Waals surface area contributed by atoms with E-state index in [9.17, 15) is 10.2 Å². The molecule has 1 heterocycles. The fourth-order valence-corrected chi connectivity index (χ4v) is 2.80. The van der Waals surface area contributed by atoms with Gasteiger partial charge in [0.05, 0.1) is 0 Å². The highest BCUT2D eigenvalue weighted by Crippen LogP contribution is 2.33. The van der Waals surface area contributed by atoms with Gasteiger partial charge in [-0.05, 0) is 18.6 Å². The van der Waals surface area contributed by atoms with Crippen LogP contribution in [0.25, 0.3) is 0 Å². The van der Waals surface area contributed by atoms with E-state index in [0.29, 0.717) is 12.2 Å². The number of aliphatic hydroxyl groups excluding tert-OH is 1. The summed E-state index contributed by atoms with van der Waals surface area (Å²) in [6.45, 7) is 3.93. The average Bonchev–Trinajstić information content (AvgIpc) is 2.38. The monoisotopic (exact) mass is 314 g/mol. The maximum atomic E-state index is 10.1. The lowest BCUT2D eigenvalue weighted by Crippen LogP contribution is -2.45. The Morgan fingerprint density at radius 1 is 1.33 bits per heavy atom. The molecule has 18 heavy (non-hydrogen) atoms. The quantitative estimate of drug-likeness (QED) is 0.788. The fourth-order valence-electron chi connectivity index (χ4n) is 2.45. The highest BCUT2D eigenvalue weighted by Gasteiger charge is 2.23. The molecular formula is C13H19BrN2O2. The Kier molecular flexibility index (Phi) is 5.00. The van der Waals surface area contributed by atoms with Crippen LogP contribution in [0.3, 0.4) is 0 Å². The van der Waals surface area contributed by atoms with Crippen LogP contribution in [0.4, 0.5) is 0 Å². The summed E-state index contributed by atoms with van der Waals surface area (Å²) in [5, 5.41) is 22.6. The predicted molar refractivity (Wildman–Crippen MR) is 74.7 cm³/mol. The number of hydrogen-bond donors (Lipinski definition) is 3. The number of rotatable bonds is 4. The smallest absolute Gasteiger partial charge is 0.121 e. The predicted octanol–water partition coefficient (Wildman–Crippen LogP) is 1.48. The minimum atomic E-state index is 0.0881. The van der Waals surface area contributed by atoms with Crippen LogP contribution in [-0.4, -0.2) is 47.9 Å². The molecule has 0 saturated carbocycles. The minimum absolute atomic E-state index is 0.0881. The molecule has 5 heteroatoms. The third-order valence-electron chi connectivity index (χ3n) is 3.35. The van der Waals surface area contributed by atoms with Gasteiger partial charge in [-0.1, -0.05) is 22.0 Å². The van der Waals surface area contributed by atoms with Crippen molar-refractivity contribution in [3.63, 3.8) is 0 Å². The first-order valence-electron chi connectivity index (χ1n) is 6.26. The van der Waals surface area contributed by atoms with Crippen LogP contribution < -0.4 is 5.32 Å². The third-order valence-corrected chi connectivity index (χ3v) is 3.84. The number of aromatic hydroxyl groups is 1. The molecule has 0 spiro atoms. The van der Waals surface area contributed by atoms with Gasteiger partial charge in [0.25, 0.3) is 0 Å². The summed E-state index contributed by atoms with van der Waals surface area (Å²) in [7, 11) is 0. The highest BCUT2D eigenvalue weighted by atomic mass is 79.9. The van der Waals surface area contributed by atoms with Gasteiger partial charge in [-0.3, -0.25) is 4.90 Å². The number of phenolic OH excluding ortho intramolecular Hbond substituents is 1. The van der Waals surface area contributed by atoms with Crippen molar-refractivity contribution in [2.75, 3.05) is 32.8 Å². The molecule has 1 aliphatic heterocycles. The topological polar surface area (TPSA) is 55.7 Å². The number of nitrogens with one attached hydrogen (secondary N) is 1. The van der Waals surface area contributed by atoms with Crippen molar-refractivity contribution in [2.24, 2.45) is 0 Å². The second kappa shape index (κ2) is 6.52. The summed E-state index contributed by atoms with van der Waals surface area (Å²) in [5.74, 6) is 0.293. The Hall–Kier alpha value is -0.620. The van der Waals surface area contributed by atoms with E-state index in [0.717, 1.165) is 36.2 Å². The van der Waals surface area contributed by atoms with Crippen molar-refractivity contribution in [1.29, 1.82) is 0 Å². The molecule has 0 aliphatic carbocycles. The molecule has 3 N–H and O–H groups in total. The molecule has 0 amide bonds. The minimum Gasteiger partial charge on any atom is -0.508 e. The lowest BCUT2D eigenvalue weighted by atomic mass is 10.0. The molecule has 0 unspecified atom stereocenters. The SMILES string of the molecule is OCC[C@@H](c1ccc(Br)cc1O)N1CCNCC1. The summed E-state index contributed by atoms with van der Waals surface area (Å²) >= 11 is 3.35. The summed E-state index contributed by atoms with van der Waals surface area (Å²) in [6.07, 6.45) is 0.648. The lowest BCUT2D eigenvalue weighted by Gasteiger charge is -2.35. The molecule has 1 fully saturated rings. The van der Waals surface area contributed by atoms with Crippen LogP contribution in [0, 0.1) is 0 Å². The van der Waals surface area contributed by atoms with Crippen LogP contribution in [0.1, 0.15) is 18.0 Å². The Bertz CT molecular complexity index is 395. The van der Waals surface area contributed by atoms with Crippen molar-refractivity contribution in [1.82, 2.24) is 10.2 Å². The molecule has 0 aromatic heterocycles. The van der Waals surface area contributed by atoms with Crippen LogP contribution in [0.15, 0.2) is 22.7 Å². The van der Waals surface area contributed by atoms with Crippen LogP contribution in [-0.2, 0) is 0 Å². The lowest BCUT2D eigenvalue weighted by molar-refractivity contribution is 0.139. The highest BCUT2D eigenvalue weighted by molar-refractivity contribution is 9.10. The van der Waals surface area contributed by atoms with E-state index < -0.39 is 0 Å². The zero-order valence-corrected chi connectivity index (χ0v) is 11.9.